The molecular formula is C18H25NO2. The molecule has 1 aromatic rings. The van der Waals surface area contributed by atoms with Gasteiger partial charge in [0.2, 0.25) is 0 Å². The summed E-state index contributed by atoms with van der Waals surface area (Å²) in [6, 6.07) is 5.79. The highest BCUT2D eigenvalue weighted by Gasteiger charge is 2.03. The Morgan fingerprint density at radius 3 is 2.81 bits per heavy atom. The third kappa shape index (κ3) is 6.93. The van der Waals surface area contributed by atoms with E-state index in [0.29, 0.717) is 11.6 Å². The summed E-state index contributed by atoms with van der Waals surface area (Å²) in [6.07, 6.45) is 11.6. The Labute approximate surface area is 127 Å². The highest BCUT2D eigenvalue weighted by molar-refractivity contribution is 5.35. The predicted molar refractivity (Wildman–Crippen MR) is 88.3 cm³/mol. The van der Waals surface area contributed by atoms with Gasteiger partial charge in [-0.1, -0.05) is 43.0 Å². The first-order valence-corrected chi connectivity index (χ1v) is 7.26. The first-order chi connectivity index (χ1) is 10.2. The van der Waals surface area contributed by atoms with E-state index in [-0.39, 0.29) is 12.4 Å². The summed E-state index contributed by atoms with van der Waals surface area (Å²) in [5.74, 6) is 0.153. The number of aromatic hydroxyl groups is 1. The standard InChI is InChI=1S/C18H25NO2/c1-3-4-5-6-7-8-15(2)19-12-11-16-9-10-18(21)17(13-16)14-20/h3-7,9-10,13,15,19-21H,1,8,11-12,14H2,2H3/b5-4-,7-6-. The van der Waals surface area contributed by atoms with Gasteiger partial charge in [0.25, 0.3) is 0 Å². The molecule has 0 amide bonds. The lowest BCUT2D eigenvalue weighted by molar-refractivity contribution is 0.275. The molecular weight excluding hydrogens is 262 g/mol. The lowest BCUT2D eigenvalue weighted by atomic mass is 10.1. The summed E-state index contributed by atoms with van der Waals surface area (Å²) >= 11 is 0. The van der Waals surface area contributed by atoms with Crippen molar-refractivity contribution in [1.29, 1.82) is 0 Å². The van der Waals surface area contributed by atoms with Crippen LogP contribution >= 0.6 is 0 Å². The smallest absolute Gasteiger partial charge is 0.121 e. The van der Waals surface area contributed by atoms with E-state index in [1.54, 1.807) is 12.1 Å². The van der Waals surface area contributed by atoms with Gasteiger partial charge in [-0.2, -0.15) is 0 Å². The van der Waals surface area contributed by atoms with Crippen molar-refractivity contribution in [2.75, 3.05) is 6.54 Å². The van der Waals surface area contributed by atoms with Crippen LogP contribution < -0.4 is 5.32 Å². The molecule has 1 rings (SSSR count). The van der Waals surface area contributed by atoms with Crippen LogP contribution in [0.1, 0.15) is 24.5 Å². The molecule has 114 valence electrons. The normalized spacial score (nSPS) is 13.0. The van der Waals surface area contributed by atoms with Crippen molar-refractivity contribution in [2.24, 2.45) is 0 Å². The van der Waals surface area contributed by atoms with Gasteiger partial charge < -0.3 is 15.5 Å². The van der Waals surface area contributed by atoms with Crippen LogP contribution in [0.25, 0.3) is 0 Å². The van der Waals surface area contributed by atoms with Crippen LogP contribution in [0.3, 0.4) is 0 Å². The molecule has 0 bridgehead atoms. The highest BCUT2D eigenvalue weighted by Crippen LogP contribution is 2.18. The van der Waals surface area contributed by atoms with Gasteiger partial charge in [-0.25, -0.2) is 0 Å². The minimum atomic E-state index is -0.132. The summed E-state index contributed by atoms with van der Waals surface area (Å²) < 4.78 is 0. The number of hydrogen-bond donors (Lipinski definition) is 3. The molecule has 3 nitrogen and oxygen atoms in total. The Kier molecular flexibility index (Phi) is 8.17. The molecule has 0 aromatic heterocycles. The van der Waals surface area contributed by atoms with Crippen molar-refractivity contribution in [2.45, 2.75) is 32.4 Å². The number of benzene rings is 1. The lowest BCUT2D eigenvalue weighted by Gasteiger charge is -2.12. The van der Waals surface area contributed by atoms with Crippen LogP contribution in [-0.2, 0) is 13.0 Å². The molecule has 0 radical (unpaired) electrons. The Morgan fingerprint density at radius 1 is 1.29 bits per heavy atom. The van der Waals surface area contributed by atoms with E-state index in [9.17, 15) is 5.11 Å². The van der Waals surface area contributed by atoms with Crippen LogP contribution in [0.5, 0.6) is 5.75 Å². The number of aliphatic hydroxyl groups is 1. The average Bonchev–Trinajstić information content (AvgIpc) is 2.48. The lowest BCUT2D eigenvalue weighted by Crippen LogP contribution is -2.27. The average molecular weight is 287 g/mol. The number of allylic oxidation sites excluding steroid dienone is 4. The molecule has 0 fully saturated rings. The van der Waals surface area contributed by atoms with Crippen molar-refractivity contribution in [3.8, 4) is 5.75 Å². The zero-order valence-corrected chi connectivity index (χ0v) is 12.6. The zero-order chi connectivity index (χ0) is 15.5. The quantitative estimate of drug-likeness (QED) is 0.612. The van der Waals surface area contributed by atoms with Gasteiger partial charge in [0.15, 0.2) is 0 Å². The maximum absolute atomic E-state index is 9.51. The van der Waals surface area contributed by atoms with Gasteiger partial charge in [-0.3, -0.25) is 0 Å². The number of hydrogen-bond acceptors (Lipinski definition) is 3. The Hall–Kier alpha value is -1.84. The summed E-state index contributed by atoms with van der Waals surface area (Å²) in [5, 5.41) is 22.1. The molecule has 0 aliphatic carbocycles. The molecule has 0 aliphatic heterocycles. The van der Waals surface area contributed by atoms with E-state index in [2.05, 4.69) is 24.9 Å². The highest BCUT2D eigenvalue weighted by atomic mass is 16.3. The van der Waals surface area contributed by atoms with Crippen LogP contribution in [-0.4, -0.2) is 22.8 Å². The molecule has 21 heavy (non-hydrogen) atoms. The predicted octanol–water partition coefficient (Wildman–Crippen LogP) is 3.09. The first-order valence-electron chi connectivity index (χ1n) is 7.26. The maximum Gasteiger partial charge on any atom is 0.121 e. The van der Waals surface area contributed by atoms with E-state index >= 15 is 0 Å². The van der Waals surface area contributed by atoms with Crippen LogP contribution in [0, 0.1) is 0 Å². The SMILES string of the molecule is C=C/C=C\C=C/CC(C)NCCc1ccc(O)c(CO)c1. The summed E-state index contributed by atoms with van der Waals surface area (Å²) in [4.78, 5) is 0. The molecule has 1 unspecified atom stereocenters. The number of aliphatic hydroxyl groups excluding tert-OH is 1. The number of nitrogens with one attached hydrogen (secondary N) is 1. The summed E-state index contributed by atoms with van der Waals surface area (Å²) in [5.41, 5.74) is 1.69. The monoisotopic (exact) mass is 287 g/mol. The summed E-state index contributed by atoms with van der Waals surface area (Å²) in [7, 11) is 0. The molecule has 0 spiro atoms. The Bertz CT molecular complexity index is 492. The van der Waals surface area contributed by atoms with Crippen molar-refractivity contribution in [3.05, 3.63) is 66.3 Å². The molecule has 3 N–H and O–H groups in total. The third-order valence-corrected chi connectivity index (χ3v) is 3.20. The van der Waals surface area contributed by atoms with E-state index < -0.39 is 0 Å². The molecule has 1 aromatic carbocycles. The second-order valence-corrected chi connectivity index (χ2v) is 5.01. The van der Waals surface area contributed by atoms with Crippen LogP contribution in [0.4, 0.5) is 0 Å². The molecule has 0 aliphatic rings. The van der Waals surface area contributed by atoms with Gasteiger partial charge in [0.05, 0.1) is 6.61 Å². The van der Waals surface area contributed by atoms with Gasteiger partial charge in [0.1, 0.15) is 5.75 Å². The summed E-state index contributed by atoms with van der Waals surface area (Å²) in [6.45, 7) is 6.50. The number of phenols is 1. The largest absolute Gasteiger partial charge is 0.508 e. The van der Waals surface area contributed by atoms with Crippen molar-refractivity contribution in [3.63, 3.8) is 0 Å². The zero-order valence-electron chi connectivity index (χ0n) is 12.6. The third-order valence-electron chi connectivity index (χ3n) is 3.20. The topological polar surface area (TPSA) is 52.5 Å². The molecule has 0 saturated carbocycles. The van der Waals surface area contributed by atoms with Crippen LogP contribution in [0.2, 0.25) is 0 Å². The van der Waals surface area contributed by atoms with Gasteiger partial charge >= 0.3 is 0 Å². The minimum Gasteiger partial charge on any atom is -0.508 e. The molecule has 1 atom stereocenters. The minimum absolute atomic E-state index is 0.132. The van der Waals surface area contributed by atoms with Gasteiger partial charge in [-0.15, -0.1) is 0 Å². The van der Waals surface area contributed by atoms with E-state index in [4.69, 9.17) is 5.11 Å². The second-order valence-electron chi connectivity index (χ2n) is 5.01. The fourth-order valence-corrected chi connectivity index (χ4v) is 1.97. The van der Waals surface area contributed by atoms with E-state index in [0.717, 1.165) is 24.9 Å². The van der Waals surface area contributed by atoms with Crippen LogP contribution in [0.15, 0.2) is 55.2 Å². The first kappa shape index (κ1) is 17.2. The Balaban J connectivity index is 2.31. The fraction of sp³-hybridized carbons (Fsp3) is 0.333. The molecule has 3 heteroatoms. The fourth-order valence-electron chi connectivity index (χ4n) is 1.97. The molecule has 0 heterocycles. The van der Waals surface area contributed by atoms with Crippen molar-refractivity contribution < 1.29 is 10.2 Å². The van der Waals surface area contributed by atoms with E-state index in [1.807, 2.05) is 30.4 Å². The van der Waals surface area contributed by atoms with Gasteiger partial charge in [-0.05, 0) is 44.0 Å². The maximum atomic E-state index is 9.51. The second kappa shape index (κ2) is 9.97. The number of rotatable bonds is 9. The van der Waals surface area contributed by atoms with Crippen molar-refractivity contribution in [1.82, 2.24) is 5.32 Å². The van der Waals surface area contributed by atoms with Gasteiger partial charge in [0, 0.05) is 11.6 Å². The Morgan fingerprint density at radius 2 is 2.10 bits per heavy atom. The van der Waals surface area contributed by atoms with E-state index in [1.165, 1.54) is 0 Å². The molecule has 0 saturated heterocycles. The van der Waals surface area contributed by atoms with Crippen molar-refractivity contribution >= 4 is 0 Å².